The number of hydrogen-bond donors (Lipinski definition) is 2. The van der Waals surface area contributed by atoms with Gasteiger partial charge >= 0.3 is 5.69 Å². The summed E-state index contributed by atoms with van der Waals surface area (Å²) in [6, 6.07) is 4.07. The highest BCUT2D eigenvalue weighted by molar-refractivity contribution is 5.60. The zero-order chi connectivity index (χ0) is 9.84. The van der Waals surface area contributed by atoms with Gasteiger partial charge in [-0.05, 0) is 17.8 Å². The topological polar surface area (TPSA) is 87.2 Å². The Hall–Kier alpha value is -1.91. The monoisotopic (exact) mass is 180 g/mol. The van der Waals surface area contributed by atoms with Gasteiger partial charge in [0.15, 0.2) is 5.75 Å². The molecule has 0 spiro atoms. The van der Waals surface area contributed by atoms with Crippen LogP contribution in [0.1, 0.15) is 5.56 Å². The molecule has 0 aromatic heterocycles. The van der Waals surface area contributed by atoms with E-state index in [4.69, 9.17) is 10.5 Å². The van der Waals surface area contributed by atoms with Gasteiger partial charge in [0, 0.05) is 12.5 Å². The number of hydrogen-bond acceptors (Lipinski definition) is 4. The highest BCUT2D eigenvalue weighted by Crippen LogP contribution is 2.26. The molecule has 1 aromatic rings. The van der Waals surface area contributed by atoms with Crippen molar-refractivity contribution in [1.82, 2.24) is 0 Å². The van der Waals surface area contributed by atoms with Crippen molar-refractivity contribution >= 4 is 11.9 Å². The first-order valence-corrected chi connectivity index (χ1v) is 3.60. The maximum atomic E-state index is 10.4. The van der Waals surface area contributed by atoms with Crippen molar-refractivity contribution in [2.75, 3.05) is 0 Å². The van der Waals surface area contributed by atoms with E-state index in [1.54, 1.807) is 6.07 Å². The van der Waals surface area contributed by atoms with Crippen LogP contribution in [0.5, 0.6) is 5.75 Å². The van der Waals surface area contributed by atoms with Crippen LogP contribution in [0.3, 0.4) is 0 Å². The average Bonchev–Trinajstić information content (AvgIpc) is 2.08. The van der Waals surface area contributed by atoms with E-state index in [0.717, 1.165) is 6.21 Å². The highest BCUT2D eigenvalue weighted by atomic mass is 16.6. The summed E-state index contributed by atoms with van der Waals surface area (Å²) < 4.78 is 0. The fraction of sp³-hybridized carbons (Fsp3) is 0.125. The Morgan fingerprint density at radius 1 is 1.62 bits per heavy atom. The maximum absolute atomic E-state index is 10.4. The van der Waals surface area contributed by atoms with Crippen LogP contribution < -0.4 is 0 Å². The number of rotatable bonds is 3. The Labute approximate surface area is 74.3 Å². The molecule has 1 aromatic carbocycles. The van der Waals surface area contributed by atoms with E-state index >= 15 is 0 Å². The minimum absolute atomic E-state index is 0.320. The normalized spacial score (nSPS) is 9.54. The summed E-state index contributed by atoms with van der Waals surface area (Å²) >= 11 is 0. The molecule has 2 N–H and O–H groups in total. The van der Waals surface area contributed by atoms with Crippen molar-refractivity contribution in [3.05, 3.63) is 33.9 Å². The number of nitro benzene ring substituents is 1. The van der Waals surface area contributed by atoms with E-state index in [9.17, 15) is 10.1 Å². The summed E-state index contributed by atoms with van der Waals surface area (Å²) in [4.78, 5) is 9.72. The lowest BCUT2D eigenvalue weighted by molar-refractivity contribution is -0.385. The molecule has 0 fully saturated rings. The van der Waals surface area contributed by atoms with Crippen LogP contribution in [0.2, 0.25) is 0 Å². The molecule has 5 nitrogen and oxygen atoms in total. The Morgan fingerprint density at radius 3 is 2.85 bits per heavy atom. The fourth-order valence-corrected chi connectivity index (χ4v) is 0.960. The standard InChI is InChI=1S/C8H8N2O3/c9-4-3-6-1-2-8(11)7(5-6)10(12)13/h1-2,4-5,9,11H,3H2. The highest BCUT2D eigenvalue weighted by Gasteiger charge is 2.12. The number of benzene rings is 1. The molecule has 0 unspecified atom stereocenters. The summed E-state index contributed by atoms with van der Waals surface area (Å²) in [6.07, 6.45) is 1.48. The van der Waals surface area contributed by atoms with Gasteiger partial charge in [-0.15, -0.1) is 0 Å². The molecule has 0 saturated heterocycles. The Bertz CT molecular complexity index is 349. The van der Waals surface area contributed by atoms with E-state index in [2.05, 4.69) is 0 Å². The van der Waals surface area contributed by atoms with Crippen molar-refractivity contribution in [3.63, 3.8) is 0 Å². The van der Waals surface area contributed by atoms with E-state index in [1.165, 1.54) is 12.1 Å². The molecule has 5 heteroatoms. The lowest BCUT2D eigenvalue weighted by atomic mass is 10.1. The van der Waals surface area contributed by atoms with E-state index in [1.807, 2.05) is 0 Å². The smallest absolute Gasteiger partial charge is 0.310 e. The molecule has 0 aliphatic rings. The van der Waals surface area contributed by atoms with Crippen LogP contribution in [0.4, 0.5) is 5.69 Å². The molecular formula is C8H8N2O3. The molecule has 13 heavy (non-hydrogen) atoms. The van der Waals surface area contributed by atoms with Crippen LogP contribution >= 0.6 is 0 Å². The van der Waals surface area contributed by atoms with Gasteiger partial charge in [0.05, 0.1) is 4.92 Å². The molecule has 0 heterocycles. The van der Waals surface area contributed by atoms with Gasteiger partial charge in [0.2, 0.25) is 0 Å². The number of phenols is 1. The van der Waals surface area contributed by atoms with Gasteiger partial charge in [-0.3, -0.25) is 10.1 Å². The summed E-state index contributed by atoms with van der Waals surface area (Å²) in [6.45, 7) is 0. The van der Waals surface area contributed by atoms with Crippen LogP contribution in [0.15, 0.2) is 18.2 Å². The second kappa shape index (κ2) is 3.66. The van der Waals surface area contributed by atoms with Gasteiger partial charge in [-0.2, -0.15) is 0 Å². The molecule has 0 aliphatic heterocycles. The quantitative estimate of drug-likeness (QED) is 0.419. The lowest BCUT2D eigenvalue weighted by Crippen LogP contribution is -1.91. The Balaban J connectivity index is 3.10. The van der Waals surface area contributed by atoms with Crippen molar-refractivity contribution in [3.8, 4) is 5.75 Å². The lowest BCUT2D eigenvalue weighted by Gasteiger charge is -1.98. The van der Waals surface area contributed by atoms with E-state index in [0.29, 0.717) is 12.0 Å². The minimum atomic E-state index is -0.650. The van der Waals surface area contributed by atoms with Gasteiger partial charge in [-0.1, -0.05) is 6.07 Å². The Kier molecular flexibility index (Phi) is 2.59. The predicted molar refractivity (Wildman–Crippen MR) is 47.2 cm³/mol. The van der Waals surface area contributed by atoms with Crippen LogP contribution in [-0.4, -0.2) is 16.2 Å². The molecule has 0 saturated carbocycles. The largest absolute Gasteiger partial charge is 0.502 e. The summed E-state index contributed by atoms with van der Waals surface area (Å²) in [7, 11) is 0. The molecule has 0 radical (unpaired) electrons. The zero-order valence-electron chi connectivity index (χ0n) is 6.73. The molecular weight excluding hydrogens is 172 g/mol. The summed E-state index contributed by atoms with van der Waals surface area (Å²) in [5.74, 6) is -0.348. The molecule has 68 valence electrons. The van der Waals surface area contributed by atoms with Gasteiger partial charge in [-0.25, -0.2) is 0 Å². The molecule has 0 bridgehead atoms. The number of nitrogens with zero attached hydrogens (tertiary/aromatic N) is 1. The van der Waals surface area contributed by atoms with Crippen LogP contribution in [0, 0.1) is 15.5 Å². The third-order valence-electron chi connectivity index (χ3n) is 1.57. The fourth-order valence-electron chi connectivity index (χ4n) is 0.960. The molecule has 1 rings (SSSR count). The third-order valence-corrected chi connectivity index (χ3v) is 1.57. The number of phenolic OH excluding ortho intramolecular Hbond substituents is 1. The number of aromatic hydroxyl groups is 1. The molecule has 0 aliphatic carbocycles. The molecule has 0 amide bonds. The Morgan fingerprint density at radius 2 is 2.31 bits per heavy atom. The zero-order valence-corrected chi connectivity index (χ0v) is 6.73. The molecule has 0 atom stereocenters. The van der Waals surface area contributed by atoms with E-state index in [-0.39, 0.29) is 11.4 Å². The van der Waals surface area contributed by atoms with Crippen molar-refractivity contribution in [2.24, 2.45) is 0 Å². The number of nitrogens with one attached hydrogen (secondary N) is 1. The summed E-state index contributed by atoms with van der Waals surface area (Å²) in [5.41, 5.74) is 0.318. The van der Waals surface area contributed by atoms with Crippen molar-refractivity contribution < 1.29 is 10.0 Å². The van der Waals surface area contributed by atoms with Gasteiger partial charge < -0.3 is 10.5 Å². The predicted octanol–water partition coefficient (Wildman–Crippen LogP) is 1.49. The first kappa shape index (κ1) is 9.18. The maximum Gasteiger partial charge on any atom is 0.310 e. The van der Waals surface area contributed by atoms with Crippen molar-refractivity contribution in [1.29, 1.82) is 5.41 Å². The van der Waals surface area contributed by atoms with Gasteiger partial charge in [0.1, 0.15) is 0 Å². The SMILES string of the molecule is N=CCc1ccc(O)c([N+](=O)[O-])c1. The van der Waals surface area contributed by atoms with Crippen LogP contribution in [-0.2, 0) is 6.42 Å². The first-order valence-electron chi connectivity index (χ1n) is 3.60. The average molecular weight is 180 g/mol. The van der Waals surface area contributed by atoms with Gasteiger partial charge in [0.25, 0.3) is 0 Å². The second-order valence-electron chi connectivity index (χ2n) is 2.49. The minimum Gasteiger partial charge on any atom is -0.502 e. The van der Waals surface area contributed by atoms with Crippen molar-refractivity contribution in [2.45, 2.75) is 6.42 Å². The second-order valence-corrected chi connectivity index (χ2v) is 2.49. The van der Waals surface area contributed by atoms with E-state index < -0.39 is 4.92 Å². The summed E-state index contributed by atoms with van der Waals surface area (Å²) in [5, 5.41) is 26.3. The van der Waals surface area contributed by atoms with Crippen LogP contribution in [0.25, 0.3) is 0 Å². The number of nitro groups is 1. The first-order chi connectivity index (χ1) is 6.15. The third kappa shape index (κ3) is 2.02.